The van der Waals surface area contributed by atoms with E-state index < -0.39 is 7.26 Å². The van der Waals surface area contributed by atoms with Gasteiger partial charge in [-0.25, -0.2) is 0 Å². The molecule has 0 aliphatic rings. The van der Waals surface area contributed by atoms with Crippen molar-refractivity contribution in [3.05, 3.63) is 0 Å². The van der Waals surface area contributed by atoms with Crippen molar-refractivity contribution in [2.24, 2.45) is 0 Å². The highest BCUT2D eigenvalue weighted by atomic mass is 79.9. The first kappa shape index (κ1) is 33.1. The number of unbranched alkanes of at least 4 members (excludes halogenated alkanes) is 16. The van der Waals surface area contributed by atoms with Gasteiger partial charge in [0.05, 0.1) is 24.6 Å². The van der Waals surface area contributed by atoms with E-state index in [9.17, 15) is 0 Å². The number of rotatable bonds is 24. The Morgan fingerprint density at radius 3 is 0.833 bits per heavy atom. The van der Waals surface area contributed by atoms with Gasteiger partial charge in [0.1, 0.15) is 0 Å². The lowest BCUT2D eigenvalue weighted by Crippen LogP contribution is -3.00. The van der Waals surface area contributed by atoms with Crippen LogP contribution in [-0.4, -0.2) is 24.6 Å². The molecule has 0 unspecified atom stereocenters. The molecule has 2 heteroatoms. The van der Waals surface area contributed by atoms with Gasteiger partial charge in [0, 0.05) is 7.26 Å². The van der Waals surface area contributed by atoms with Gasteiger partial charge in [-0.15, -0.1) is 0 Å². The Labute approximate surface area is 204 Å². The summed E-state index contributed by atoms with van der Waals surface area (Å²) in [7, 11) is -0.679. The molecule has 184 valence electrons. The second kappa shape index (κ2) is 26.2. The highest BCUT2D eigenvalue weighted by Gasteiger charge is 2.34. The van der Waals surface area contributed by atoms with Crippen LogP contribution in [0.4, 0.5) is 0 Å². The van der Waals surface area contributed by atoms with E-state index in [-0.39, 0.29) is 17.0 Å². The summed E-state index contributed by atoms with van der Waals surface area (Å²) in [6, 6.07) is 0. The highest BCUT2D eigenvalue weighted by molar-refractivity contribution is 7.75. The molecule has 0 aromatic carbocycles. The Balaban J connectivity index is 0. The van der Waals surface area contributed by atoms with Gasteiger partial charge in [-0.2, -0.15) is 0 Å². The molecule has 0 N–H and O–H groups in total. The molecular formula is C28H60BrP. The van der Waals surface area contributed by atoms with E-state index in [1.54, 1.807) is 43.9 Å². The standard InChI is InChI=1S/C28H60P.BrH/c1-5-9-13-16-19-22-26-29(25-12-8-4,27-23-20-17-14-10-6-2)28-24-21-18-15-11-7-3;/h5-28H2,1-4H3;1H/q+1;/p-1. The van der Waals surface area contributed by atoms with Crippen LogP contribution in [0.25, 0.3) is 0 Å². The molecule has 0 aromatic rings. The minimum Gasteiger partial charge on any atom is -1.00 e. The number of hydrogen-bond acceptors (Lipinski definition) is 0. The molecule has 0 rings (SSSR count). The van der Waals surface area contributed by atoms with Crippen molar-refractivity contribution in [3.8, 4) is 0 Å². The molecule has 0 saturated carbocycles. The fourth-order valence-electron chi connectivity index (χ4n) is 4.85. The summed E-state index contributed by atoms with van der Waals surface area (Å²) >= 11 is 0. The maximum Gasteiger partial charge on any atom is 0.0594 e. The summed E-state index contributed by atoms with van der Waals surface area (Å²) in [5.74, 6) is 0. The van der Waals surface area contributed by atoms with Crippen molar-refractivity contribution >= 4 is 7.26 Å². The number of hydrogen-bond donors (Lipinski definition) is 0. The third-order valence-corrected chi connectivity index (χ3v) is 12.0. The molecule has 0 amide bonds. The SMILES string of the molecule is CCCCCCCC[P+](CCCC)(CCCCCCCC)CCCCCCCC.[Br-]. The van der Waals surface area contributed by atoms with E-state index in [0.717, 1.165) is 0 Å². The first-order valence-corrected chi connectivity index (χ1v) is 16.6. The van der Waals surface area contributed by atoms with Crippen LogP contribution in [0.15, 0.2) is 0 Å². The predicted octanol–water partition coefficient (Wildman–Crippen LogP) is 7.89. The zero-order chi connectivity index (χ0) is 21.5. The zero-order valence-corrected chi connectivity index (χ0v) is 24.3. The second-order valence-corrected chi connectivity index (χ2v) is 14.4. The van der Waals surface area contributed by atoms with Crippen molar-refractivity contribution in [2.45, 2.75) is 156 Å². The lowest BCUT2D eigenvalue weighted by atomic mass is 10.1. The van der Waals surface area contributed by atoms with Gasteiger partial charge in [-0.3, -0.25) is 0 Å². The van der Waals surface area contributed by atoms with E-state index in [2.05, 4.69) is 27.7 Å². The molecule has 0 radical (unpaired) electrons. The summed E-state index contributed by atoms with van der Waals surface area (Å²) in [4.78, 5) is 0. The predicted molar refractivity (Wildman–Crippen MR) is 141 cm³/mol. The van der Waals surface area contributed by atoms with Crippen LogP contribution < -0.4 is 17.0 Å². The van der Waals surface area contributed by atoms with Gasteiger partial charge in [-0.05, 0) is 44.9 Å². The summed E-state index contributed by atoms with van der Waals surface area (Å²) in [5.41, 5.74) is 0. The fraction of sp³-hybridized carbons (Fsp3) is 1.00. The van der Waals surface area contributed by atoms with Crippen molar-refractivity contribution in [1.82, 2.24) is 0 Å². The molecule has 0 aliphatic heterocycles. The summed E-state index contributed by atoms with van der Waals surface area (Å²) in [6.07, 6.45) is 36.1. The van der Waals surface area contributed by atoms with Crippen LogP contribution in [0, 0.1) is 0 Å². The van der Waals surface area contributed by atoms with Gasteiger partial charge in [0.15, 0.2) is 0 Å². The van der Waals surface area contributed by atoms with Gasteiger partial charge in [0.2, 0.25) is 0 Å². The molecule has 0 aromatic heterocycles. The average molecular weight is 508 g/mol. The van der Waals surface area contributed by atoms with E-state index in [1.165, 1.54) is 109 Å². The van der Waals surface area contributed by atoms with Crippen molar-refractivity contribution in [3.63, 3.8) is 0 Å². The average Bonchev–Trinajstić information content (AvgIpc) is 2.74. The van der Waals surface area contributed by atoms with Crippen molar-refractivity contribution in [1.29, 1.82) is 0 Å². The topological polar surface area (TPSA) is 0 Å². The van der Waals surface area contributed by atoms with Crippen LogP contribution in [-0.2, 0) is 0 Å². The Kier molecular flexibility index (Phi) is 28.9. The second-order valence-electron chi connectivity index (χ2n) is 9.89. The first-order chi connectivity index (χ1) is 14.2. The highest BCUT2D eigenvalue weighted by Crippen LogP contribution is 2.61. The largest absolute Gasteiger partial charge is 1.00 e. The van der Waals surface area contributed by atoms with E-state index in [4.69, 9.17) is 0 Å². The van der Waals surface area contributed by atoms with Gasteiger partial charge in [-0.1, -0.05) is 111 Å². The molecule has 30 heavy (non-hydrogen) atoms. The Morgan fingerprint density at radius 1 is 0.300 bits per heavy atom. The van der Waals surface area contributed by atoms with Crippen molar-refractivity contribution < 1.29 is 17.0 Å². The van der Waals surface area contributed by atoms with E-state index in [1.807, 2.05) is 0 Å². The maximum absolute atomic E-state index is 2.41. The third-order valence-electron chi connectivity index (χ3n) is 6.94. The van der Waals surface area contributed by atoms with Crippen molar-refractivity contribution in [2.75, 3.05) is 24.6 Å². The van der Waals surface area contributed by atoms with Crippen LogP contribution >= 0.6 is 7.26 Å². The Morgan fingerprint density at radius 2 is 0.533 bits per heavy atom. The minimum atomic E-state index is -0.679. The van der Waals surface area contributed by atoms with E-state index in [0.29, 0.717) is 0 Å². The first-order valence-electron chi connectivity index (χ1n) is 14.1. The molecular weight excluding hydrogens is 447 g/mol. The molecule has 0 fully saturated rings. The zero-order valence-electron chi connectivity index (χ0n) is 21.8. The van der Waals surface area contributed by atoms with Crippen LogP contribution in [0.3, 0.4) is 0 Å². The maximum atomic E-state index is 2.41. The van der Waals surface area contributed by atoms with E-state index >= 15 is 0 Å². The molecule has 0 aliphatic carbocycles. The normalized spacial score (nSPS) is 11.6. The molecule has 0 bridgehead atoms. The number of halogens is 1. The van der Waals surface area contributed by atoms with Crippen LogP contribution in [0.5, 0.6) is 0 Å². The smallest absolute Gasteiger partial charge is 0.0594 e. The quantitative estimate of drug-likeness (QED) is 0.0920. The summed E-state index contributed by atoms with van der Waals surface area (Å²) in [5, 5.41) is 0. The molecule has 0 atom stereocenters. The van der Waals surface area contributed by atoms with Gasteiger partial charge < -0.3 is 17.0 Å². The van der Waals surface area contributed by atoms with Crippen LogP contribution in [0.1, 0.15) is 156 Å². The fourth-order valence-corrected chi connectivity index (χ4v) is 9.86. The lowest BCUT2D eigenvalue weighted by molar-refractivity contribution is -0.00000667. The van der Waals surface area contributed by atoms with Gasteiger partial charge in [0.25, 0.3) is 0 Å². The minimum absolute atomic E-state index is 0. The van der Waals surface area contributed by atoms with Crippen LogP contribution in [0.2, 0.25) is 0 Å². The molecule has 0 spiro atoms. The summed E-state index contributed by atoms with van der Waals surface area (Å²) in [6.45, 7) is 9.42. The monoisotopic (exact) mass is 506 g/mol. The Bertz CT molecular complexity index is 264. The Hall–Kier alpha value is 0.910. The van der Waals surface area contributed by atoms with Gasteiger partial charge >= 0.3 is 0 Å². The third kappa shape index (κ3) is 20.8. The molecule has 0 nitrogen and oxygen atoms in total. The molecule has 0 heterocycles. The lowest BCUT2D eigenvalue weighted by Gasteiger charge is -2.28. The summed E-state index contributed by atoms with van der Waals surface area (Å²) < 4.78 is 0. The molecule has 0 saturated heterocycles.